The maximum atomic E-state index is 12.2. The summed E-state index contributed by atoms with van der Waals surface area (Å²) in [6, 6.07) is 28.5. The third-order valence-electron chi connectivity index (χ3n) is 8.16. The van der Waals surface area contributed by atoms with Gasteiger partial charge in [0.05, 0.1) is 0 Å². The molecule has 0 aliphatic rings. The molecule has 6 aromatic rings. The number of alkyl halides is 3. The molecule has 6 rings (SSSR count). The minimum absolute atomic E-state index is 0.200. The Kier molecular flexibility index (Phi) is 12.8. The molecular formula is C43H57F3N2S2. The second kappa shape index (κ2) is 15.5. The molecular weight excluding hydrogens is 666 g/mol. The quantitative estimate of drug-likeness (QED) is 0.161. The molecule has 2 aromatic carbocycles. The van der Waals surface area contributed by atoms with Crippen LogP contribution in [0.4, 0.5) is 13.2 Å². The smallest absolute Gasteiger partial charge is 0.358 e. The van der Waals surface area contributed by atoms with Gasteiger partial charge >= 0.3 is 6.18 Å². The number of rotatable bonds is 0. The molecule has 0 aliphatic heterocycles. The fourth-order valence-electron chi connectivity index (χ4n) is 5.22. The van der Waals surface area contributed by atoms with Crippen molar-refractivity contribution < 1.29 is 13.2 Å². The molecule has 0 aliphatic carbocycles. The molecule has 0 spiro atoms. The van der Waals surface area contributed by atoms with Gasteiger partial charge in [0.25, 0.3) is 0 Å². The summed E-state index contributed by atoms with van der Waals surface area (Å²) in [5, 5.41) is 2.63. The van der Waals surface area contributed by atoms with E-state index in [0.29, 0.717) is 5.41 Å². The molecule has 50 heavy (non-hydrogen) atoms. The van der Waals surface area contributed by atoms with E-state index in [1.54, 1.807) is 6.07 Å². The van der Waals surface area contributed by atoms with Crippen LogP contribution in [-0.4, -0.2) is 9.55 Å². The van der Waals surface area contributed by atoms with Gasteiger partial charge in [0.1, 0.15) is 4.88 Å². The number of aryl methyl sites for hydroxylation is 2. The lowest BCUT2D eigenvalue weighted by Gasteiger charge is -2.19. The van der Waals surface area contributed by atoms with Crippen molar-refractivity contribution >= 4 is 44.5 Å². The number of benzene rings is 2. The summed E-state index contributed by atoms with van der Waals surface area (Å²) in [5.41, 5.74) is 5.79. The fourth-order valence-corrected chi connectivity index (χ4v) is 7.07. The van der Waals surface area contributed by atoms with E-state index in [1.807, 2.05) is 32.1 Å². The van der Waals surface area contributed by atoms with Crippen LogP contribution in [0, 0.1) is 6.92 Å². The summed E-state index contributed by atoms with van der Waals surface area (Å²) >= 11 is 2.72. The summed E-state index contributed by atoms with van der Waals surface area (Å²) in [4.78, 5) is 6.57. The highest BCUT2D eigenvalue weighted by Crippen LogP contribution is 2.38. The summed E-state index contributed by atoms with van der Waals surface area (Å²) in [6.45, 7) is 28.0. The second-order valence-corrected chi connectivity index (χ2v) is 19.4. The van der Waals surface area contributed by atoms with Crippen molar-refractivity contribution in [1.82, 2.24) is 9.55 Å². The molecule has 0 atom stereocenters. The molecule has 0 amide bonds. The Morgan fingerprint density at radius 2 is 1.04 bits per heavy atom. The molecule has 0 saturated carbocycles. The van der Waals surface area contributed by atoms with Crippen molar-refractivity contribution in [1.29, 1.82) is 0 Å². The number of para-hydroxylation sites is 2. The molecule has 4 heterocycles. The molecule has 7 heteroatoms. The van der Waals surface area contributed by atoms with Crippen molar-refractivity contribution in [3.8, 4) is 0 Å². The lowest BCUT2D eigenvalue weighted by molar-refractivity contribution is -0.134. The first kappa shape index (κ1) is 41.1. The number of nitrogens with one attached hydrogen (secondary N) is 1. The van der Waals surface area contributed by atoms with Crippen molar-refractivity contribution in [2.45, 2.75) is 118 Å². The number of aromatic amines is 1. The Hall–Kier alpha value is -3.29. The first-order chi connectivity index (χ1) is 22.8. The van der Waals surface area contributed by atoms with E-state index in [-0.39, 0.29) is 16.2 Å². The van der Waals surface area contributed by atoms with Crippen LogP contribution in [0.5, 0.6) is 0 Å². The van der Waals surface area contributed by atoms with E-state index in [0.717, 1.165) is 22.3 Å². The van der Waals surface area contributed by atoms with Crippen LogP contribution >= 0.6 is 22.7 Å². The maximum absolute atomic E-state index is 12.2. The van der Waals surface area contributed by atoms with E-state index in [1.165, 1.54) is 42.9 Å². The van der Waals surface area contributed by atoms with Gasteiger partial charge in [-0.2, -0.15) is 13.2 Å². The van der Waals surface area contributed by atoms with Gasteiger partial charge in [0.2, 0.25) is 0 Å². The van der Waals surface area contributed by atoms with Gasteiger partial charge in [-0.3, -0.25) is 0 Å². The SMILES string of the molecule is CC(C)(C)c1cc2ccccc2[nH]1.CC(C)(C)c1ccc(C(F)(F)F)s1.Cc1ccc(C(C)(C)C)s1.Cn1c(C(C)(C)C)cc2ccccc21. The van der Waals surface area contributed by atoms with Crippen molar-refractivity contribution in [3.05, 3.63) is 116 Å². The fraction of sp³-hybridized carbons (Fsp3) is 0.442. The van der Waals surface area contributed by atoms with Gasteiger partial charge < -0.3 is 9.55 Å². The van der Waals surface area contributed by atoms with E-state index in [2.05, 4.69) is 159 Å². The lowest BCUT2D eigenvalue weighted by atomic mass is 9.92. The average molecular weight is 723 g/mol. The van der Waals surface area contributed by atoms with E-state index < -0.39 is 11.1 Å². The minimum atomic E-state index is -4.20. The Labute approximate surface area is 306 Å². The topological polar surface area (TPSA) is 20.7 Å². The van der Waals surface area contributed by atoms with Crippen LogP contribution < -0.4 is 0 Å². The normalized spacial score (nSPS) is 12.5. The summed E-state index contributed by atoms with van der Waals surface area (Å²) in [6.07, 6.45) is -4.20. The van der Waals surface area contributed by atoms with Crippen LogP contribution in [0.1, 0.15) is 114 Å². The first-order valence-electron chi connectivity index (χ1n) is 17.2. The maximum Gasteiger partial charge on any atom is 0.425 e. The zero-order valence-corrected chi connectivity index (χ0v) is 34.1. The number of hydrogen-bond donors (Lipinski definition) is 1. The summed E-state index contributed by atoms with van der Waals surface area (Å²) < 4.78 is 38.9. The van der Waals surface area contributed by atoms with Gasteiger partial charge in [-0.1, -0.05) is 119 Å². The van der Waals surface area contributed by atoms with E-state index >= 15 is 0 Å². The zero-order chi connectivity index (χ0) is 37.9. The van der Waals surface area contributed by atoms with Crippen molar-refractivity contribution in [2.24, 2.45) is 7.05 Å². The highest BCUT2D eigenvalue weighted by molar-refractivity contribution is 7.12. The molecule has 0 saturated heterocycles. The molecule has 0 bridgehead atoms. The third-order valence-corrected chi connectivity index (χ3v) is 11.1. The molecule has 2 nitrogen and oxygen atoms in total. The molecule has 0 unspecified atom stereocenters. The number of fused-ring (bicyclic) bond motifs is 2. The third kappa shape index (κ3) is 11.4. The predicted molar refractivity (Wildman–Crippen MR) is 214 cm³/mol. The molecule has 272 valence electrons. The zero-order valence-electron chi connectivity index (χ0n) is 32.5. The van der Waals surface area contributed by atoms with Crippen LogP contribution in [0.15, 0.2) is 84.9 Å². The average Bonchev–Trinajstić information content (AvgIpc) is 3.78. The monoisotopic (exact) mass is 722 g/mol. The largest absolute Gasteiger partial charge is 0.425 e. The number of nitrogens with zero attached hydrogens (tertiary/aromatic N) is 1. The van der Waals surface area contributed by atoms with Crippen LogP contribution in [0.25, 0.3) is 21.8 Å². The summed E-state index contributed by atoms with van der Waals surface area (Å²) in [7, 11) is 2.14. The molecule has 0 radical (unpaired) electrons. The Morgan fingerprint density at radius 1 is 0.540 bits per heavy atom. The Morgan fingerprint density at radius 3 is 1.44 bits per heavy atom. The molecule has 1 N–H and O–H groups in total. The number of H-pyrrole nitrogens is 1. The van der Waals surface area contributed by atoms with Gasteiger partial charge in [-0.15, -0.1) is 22.7 Å². The van der Waals surface area contributed by atoms with Crippen molar-refractivity contribution in [2.75, 3.05) is 0 Å². The number of halogens is 3. The first-order valence-corrected chi connectivity index (χ1v) is 18.8. The Balaban J connectivity index is 0.000000182. The number of hydrogen-bond acceptors (Lipinski definition) is 2. The van der Waals surface area contributed by atoms with Crippen LogP contribution in [0.3, 0.4) is 0 Å². The van der Waals surface area contributed by atoms with Gasteiger partial charge in [0, 0.05) is 54.9 Å². The molecule has 0 fully saturated rings. The van der Waals surface area contributed by atoms with Crippen LogP contribution in [-0.2, 0) is 34.9 Å². The highest BCUT2D eigenvalue weighted by Gasteiger charge is 2.33. The van der Waals surface area contributed by atoms with Gasteiger partial charge in [-0.25, -0.2) is 0 Å². The lowest BCUT2D eigenvalue weighted by Crippen LogP contribution is -2.15. The predicted octanol–water partition coefficient (Wildman–Crippen LogP) is 14.4. The van der Waals surface area contributed by atoms with Crippen molar-refractivity contribution in [3.63, 3.8) is 0 Å². The van der Waals surface area contributed by atoms with Gasteiger partial charge in [0.15, 0.2) is 0 Å². The van der Waals surface area contributed by atoms with Crippen LogP contribution in [0.2, 0.25) is 0 Å². The highest BCUT2D eigenvalue weighted by atomic mass is 32.1. The number of aromatic nitrogens is 2. The summed E-state index contributed by atoms with van der Waals surface area (Å²) in [5.74, 6) is 0. The van der Waals surface area contributed by atoms with E-state index in [9.17, 15) is 13.2 Å². The molecule has 4 aromatic heterocycles. The number of thiophene rings is 2. The Bertz CT molecular complexity index is 1890. The minimum Gasteiger partial charge on any atom is -0.358 e. The van der Waals surface area contributed by atoms with Gasteiger partial charge in [-0.05, 0) is 77.1 Å². The standard InChI is InChI=1S/C13H17N.C12H15N.C9H11F3S.C9H14S/c1-13(2,3)12-9-10-7-5-6-8-11(10)14(12)4;1-12(2,3)11-8-9-6-4-5-7-10(9)13-11;1-8(2,3)6-4-5-7(13-6)9(10,11)12;1-7-5-6-8(10-7)9(2,3)4/h5-9H,1-4H3;4-8,13H,1-3H3;4-5H,1-3H3;5-6H,1-4H3. The van der Waals surface area contributed by atoms with E-state index in [4.69, 9.17) is 0 Å². The second-order valence-electron chi connectivity index (χ2n) is 17.0.